The summed E-state index contributed by atoms with van der Waals surface area (Å²) in [5.74, 6) is 0.134. The predicted octanol–water partition coefficient (Wildman–Crippen LogP) is 3.72. The summed E-state index contributed by atoms with van der Waals surface area (Å²) in [6, 6.07) is 10.6. The lowest BCUT2D eigenvalue weighted by Crippen LogP contribution is -2.36. The summed E-state index contributed by atoms with van der Waals surface area (Å²) in [5.41, 5.74) is 1.47. The third kappa shape index (κ3) is 1.91. The molecule has 0 saturated heterocycles. The van der Waals surface area contributed by atoms with Crippen LogP contribution in [-0.2, 0) is 10.2 Å². The minimum atomic E-state index is 0.112. The molecule has 16 heavy (non-hydrogen) atoms. The summed E-state index contributed by atoms with van der Waals surface area (Å²) >= 11 is 0. The summed E-state index contributed by atoms with van der Waals surface area (Å²) in [6.07, 6.45) is 7.30. The van der Waals surface area contributed by atoms with Crippen LogP contribution in [0.4, 0.5) is 0 Å². The van der Waals surface area contributed by atoms with Gasteiger partial charge in [0.15, 0.2) is 0 Å². The van der Waals surface area contributed by atoms with Crippen molar-refractivity contribution in [3.63, 3.8) is 0 Å². The average Bonchev–Trinajstić information content (AvgIpc) is 2.39. The van der Waals surface area contributed by atoms with Crippen LogP contribution in [0.2, 0.25) is 0 Å². The van der Waals surface area contributed by atoms with Gasteiger partial charge in [-0.15, -0.1) is 0 Å². The molecule has 0 spiro atoms. The minimum Gasteiger partial charge on any atom is -0.303 e. The van der Waals surface area contributed by atoms with E-state index in [1.165, 1.54) is 24.8 Å². The quantitative estimate of drug-likeness (QED) is 0.704. The maximum atomic E-state index is 11.2. The Bertz CT molecular complexity index is 336. The molecule has 0 radical (unpaired) electrons. The van der Waals surface area contributed by atoms with E-state index >= 15 is 0 Å². The molecular weight excluding hydrogens is 196 g/mol. The third-order valence-corrected chi connectivity index (χ3v) is 4.17. The smallest absolute Gasteiger partial charge is 0.123 e. The van der Waals surface area contributed by atoms with Crippen LogP contribution in [0.1, 0.15) is 44.6 Å². The molecule has 1 aromatic carbocycles. The number of carbonyl (C=O) groups is 1. The van der Waals surface area contributed by atoms with Gasteiger partial charge in [0.2, 0.25) is 0 Å². The zero-order valence-electron chi connectivity index (χ0n) is 9.99. The number of carbonyl (C=O) groups excluding carboxylic acids is 1. The SMILES string of the molecule is CC(C=O)C1(c2ccccc2)CCCCC1. The first-order valence-electron chi connectivity index (χ1n) is 6.30. The topological polar surface area (TPSA) is 17.1 Å². The molecule has 0 aromatic heterocycles. The molecule has 0 aliphatic heterocycles. The fourth-order valence-electron chi connectivity index (χ4n) is 3.09. The van der Waals surface area contributed by atoms with Gasteiger partial charge in [0.25, 0.3) is 0 Å². The summed E-state index contributed by atoms with van der Waals surface area (Å²) in [6.45, 7) is 2.07. The fourth-order valence-corrected chi connectivity index (χ4v) is 3.09. The molecule has 0 bridgehead atoms. The Morgan fingerprint density at radius 1 is 1.12 bits per heavy atom. The Balaban J connectivity index is 2.37. The van der Waals surface area contributed by atoms with E-state index in [2.05, 4.69) is 31.2 Å². The Hall–Kier alpha value is -1.11. The molecule has 2 rings (SSSR count). The Labute approximate surface area is 97.9 Å². The van der Waals surface area contributed by atoms with Crippen molar-refractivity contribution < 1.29 is 4.79 Å². The molecule has 1 aromatic rings. The number of benzene rings is 1. The minimum absolute atomic E-state index is 0.112. The molecule has 0 amide bonds. The number of hydrogen-bond donors (Lipinski definition) is 0. The van der Waals surface area contributed by atoms with Gasteiger partial charge in [-0.1, -0.05) is 56.5 Å². The van der Waals surface area contributed by atoms with Crippen molar-refractivity contribution in [3.05, 3.63) is 35.9 Å². The maximum absolute atomic E-state index is 11.2. The van der Waals surface area contributed by atoms with Crippen LogP contribution in [0, 0.1) is 5.92 Å². The lowest BCUT2D eigenvalue weighted by atomic mass is 9.63. The van der Waals surface area contributed by atoms with Gasteiger partial charge in [0.1, 0.15) is 6.29 Å². The lowest BCUT2D eigenvalue weighted by molar-refractivity contribution is -0.113. The van der Waals surface area contributed by atoms with Gasteiger partial charge in [0, 0.05) is 11.3 Å². The van der Waals surface area contributed by atoms with Gasteiger partial charge in [-0.25, -0.2) is 0 Å². The first-order chi connectivity index (χ1) is 7.79. The van der Waals surface area contributed by atoms with E-state index in [9.17, 15) is 4.79 Å². The van der Waals surface area contributed by atoms with Crippen molar-refractivity contribution in [1.29, 1.82) is 0 Å². The number of rotatable bonds is 3. The molecule has 0 N–H and O–H groups in total. The van der Waals surface area contributed by atoms with Crippen molar-refractivity contribution in [3.8, 4) is 0 Å². The second-order valence-electron chi connectivity index (χ2n) is 5.01. The fraction of sp³-hybridized carbons (Fsp3) is 0.533. The standard InChI is InChI=1S/C15H20O/c1-13(12-16)15(10-6-3-7-11-15)14-8-4-2-5-9-14/h2,4-5,8-9,12-13H,3,6-7,10-11H2,1H3. The maximum Gasteiger partial charge on any atom is 0.123 e. The molecular formula is C15H20O. The van der Waals surface area contributed by atoms with Crippen molar-refractivity contribution in [2.45, 2.75) is 44.4 Å². The molecule has 0 heterocycles. The van der Waals surface area contributed by atoms with Crippen molar-refractivity contribution in [2.24, 2.45) is 5.92 Å². The van der Waals surface area contributed by atoms with Gasteiger partial charge in [-0.3, -0.25) is 0 Å². The highest BCUT2D eigenvalue weighted by molar-refractivity contribution is 5.57. The predicted molar refractivity (Wildman–Crippen MR) is 66.4 cm³/mol. The van der Waals surface area contributed by atoms with E-state index in [-0.39, 0.29) is 11.3 Å². The molecule has 1 aliphatic rings. The Morgan fingerprint density at radius 3 is 2.31 bits per heavy atom. The normalized spacial score (nSPS) is 21.3. The van der Waals surface area contributed by atoms with Crippen LogP contribution in [0.25, 0.3) is 0 Å². The van der Waals surface area contributed by atoms with Crippen molar-refractivity contribution in [1.82, 2.24) is 0 Å². The van der Waals surface area contributed by atoms with Crippen LogP contribution in [0.15, 0.2) is 30.3 Å². The number of aldehydes is 1. The van der Waals surface area contributed by atoms with Crippen LogP contribution in [-0.4, -0.2) is 6.29 Å². The highest BCUT2D eigenvalue weighted by atomic mass is 16.1. The average molecular weight is 216 g/mol. The van der Waals surface area contributed by atoms with Crippen molar-refractivity contribution >= 4 is 6.29 Å². The van der Waals surface area contributed by atoms with E-state index in [4.69, 9.17) is 0 Å². The summed E-state index contributed by atoms with van der Waals surface area (Å²) < 4.78 is 0. The first-order valence-corrected chi connectivity index (χ1v) is 6.30. The van der Waals surface area contributed by atoms with Crippen LogP contribution < -0.4 is 0 Å². The van der Waals surface area contributed by atoms with Crippen molar-refractivity contribution in [2.75, 3.05) is 0 Å². The summed E-state index contributed by atoms with van der Waals surface area (Å²) in [7, 11) is 0. The van der Waals surface area contributed by atoms with Gasteiger partial charge < -0.3 is 4.79 Å². The summed E-state index contributed by atoms with van der Waals surface area (Å²) in [5, 5.41) is 0. The zero-order valence-corrected chi connectivity index (χ0v) is 9.99. The Morgan fingerprint density at radius 2 is 1.75 bits per heavy atom. The molecule has 1 atom stereocenters. The van der Waals surface area contributed by atoms with Gasteiger partial charge in [-0.05, 0) is 18.4 Å². The second kappa shape index (κ2) is 4.82. The molecule has 1 nitrogen and oxygen atoms in total. The Kier molecular flexibility index (Phi) is 3.42. The molecule has 1 saturated carbocycles. The van der Waals surface area contributed by atoms with Gasteiger partial charge in [0.05, 0.1) is 0 Å². The first kappa shape index (κ1) is 11.4. The largest absolute Gasteiger partial charge is 0.303 e. The monoisotopic (exact) mass is 216 g/mol. The van der Waals surface area contributed by atoms with Crippen LogP contribution in [0.5, 0.6) is 0 Å². The molecule has 1 heteroatoms. The zero-order chi connectivity index (χ0) is 11.4. The molecule has 1 aliphatic carbocycles. The summed E-state index contributed by atoms with van der Waals surface area (Å²) in [4.78, 5) is 11.2. The molecule has 1 unspecified atom stereocenters. The van der Waals surface area contributed by atoms with Gasteiger partial charge in [-0.2, -0.15) is 0 Å². The third-order valence-electron chi connectivity index (χ3n) is 4.17. The van der Waals surface area contributed by atoms with E-state index in [0.717, 1.165) is 19.1 Å². The van der Waals surface area contributed by atoms with Crippen LogP contribution in [0.3, 0.4) is 0 Å². The molecule has 1 fully saturated rings. The highest BCUT2D eigenvalue weighted by Crippen LogP contribution is 2.44. The van der Waals surface area contributed by atoms with E-state index in [1.54, 1.807) is 0 Å². The number of hydrogen-bond acceptors (Lipinski definition) is 1. The van der Waals surface area contributed by atoms with Gasteiger partial charge >= 0.3 is 0 Å². The molecule has 86 valence electrons. The lowest BCUT2D eigenvalue weighted by Gasteiger charge is -2.40. The van der Waals surface area contributed by atoms with Crippen LogP contribution >= 0.6 is 0 Å². The van der Waals surface area contributed by atoms with E-state index < -0.39 is 0 Å². The van der Waals surface area contributed by atoms with E-state index in [1.807, 2.05) is 6.07 Å². The highest BCUT2D eigenvalue weighted by Gasteiger charge is 2.38. The second-order valence-corrected chi connectivity index (χ2v) is 5.01. The van der Waals surface area contributed by atoms with E-state index in [0.29, 0.717) is 0 Å².